The van der Waals surface area contributed by atoms with E-state index in [1.165, 1.54) is 12.8 Å². The predicted molar refractivity (Wildman–Crippen MR) is 90.2 cm³/mol. The number of phenolic OH excluding ortho intramolecular Hbond substituents is 1. The van der Waals surface area contributed by atoms with Gasteiger partial charge < -0.3 is 10.2 Å². The second-order valence-electron chi connectivity index (χ2n) is 7.06. The zero-order chi connectivity index (χ0) is 16.0. The Morgan fingerprint density at radius 2 is 2.22 bits per heavy atom. The van der Waals surface area contributed by atoms with Crippen LogP contribution in [-0.4, -0.2) is 39.2 Å². The predicted octanol–water partition coefficient (Wildman–Crippen LogP) is 3.09. The molecule has 2 bridgehead atoms. The third kappa shape index (κ3) is 2.50. The molecule has 0 amide bonds. The van der Waals surface area contributed by atoms with Gasteiger partial charge in [0.15, 0.2) is 0 Å². The first-order valence-electron chi connectivity index (χ1n) is 8.67. The van der Waals surface area contributed by atoms with Crippen LogP contribution >= 0.6 is 0 Å². The Kier molecular flexibility index (Phi) is 3.74. The highest BCUT2D eigenvalue weighted by molar-refractivity contribution is 5.83. The zero-order valence-electron chi connectivity index (χ0n) is 13.5. The topological polar surface area (TPSA) is 56.6 Å². The van der Waals surface area contributed by atoms with Crippen molar-refractivity contribution in [2.75, 3.05) is 13.1 Å². The fraction of sp³-hybridized carbons (Fsp3) is 0.526. The molecular weight excluding hydrogens is 288 g/mol. The van der Waals surface area contributed by atoms with E-state index in [0.29, 0.717) is 0 Å². The largest absolute Gasteiger partial charge is 0.508 e. The molecule has 3 saturated heterocycles. The second-order valence-corrected chi connectivity index (χ2v) is 7.06. The van der Waals surface area contributed by atoms with E-state index in [1.807, 2.05) is 6.07 Å². The minimum Gasteiger partial charge on any atom is -0.508 e. The Labute approximate surface area is 136 Å². The van der Waals surface area contributed by atoms with E-state index in [9.17, 15) is 10.2 Å². The van der Waals surface area contributed by atoms with Gasteiger partial charge >= 0.3 is 0 Å². The van der Waals surface area contributed by atoms with Crippen LogP contribution in [0.15, 0.2) is 30.5 Å². The summed E-state index contributed by atoms with van der Waals surface area (Å²) >= 11 is 0. The Morgan fingerprint density at radius 3 is 2.96 bits per heavy atom. The summed E-state index contributed by atoms with van der Waals surface area (Å²) < 4.78 is 0. The van der Waals surface area contributed by atoms with Crippen LogP contribution in [0.25, 0.3) is 10.9 Å². The quantitative estimate of drug-likeness (QED) is 0.914. The number of aliphatic hydroxyl groups excluding tert-OH is 1. The smallest absolute Gasteiger partial charge is 0.116 e. The third-order valence-electron chi connectivity index (χ3n) is 5.90. The van der Waals surface area contributed by atoms with Crippen molar-refractivity contribution < 1.29 is 10.2 Å². The summed E-state index contributed by atoms with van der Waals surface area (Å²) in [6.45, 7) is 4.48. The van der Waals surface area contributed by atoms with Crippen LogP contribution in [0.4, 0.5) is 0 Å². The van der Waals surface area contributed by atoms with Crippen LogP contribution in [0, 0.1) is 11.8 Å². The van der Waals surface area contributed by atoms with E-state index in [4.69, 9.17) is 0 Å². The lowest BCUT2D eigenvalue weighted by molar-refractivity contribution is -0.0562. The molecule has 3 fully saturated rings. The van der Waals surface area contributed by atoms with E-state index in [0.717, 1.165) is 47.8 Å². The Morgan fingerprint density at radius 1 is 1.35 bits per heavy atom. The minimum atomic E-state index is -0.525. The highest BCUT2D eigenvalue weighted by atomic mass is 16.3. The molecule has 4 nitrogen and oxygen atoms in total. The lowest BCUT2D eigenvalue weighted by Crippen LogP contribution is -2.55. The lowest BCUT2D eigenvalue weighted by Gasteiger charge is -2.51. The molecular formula is C19H24N2O2. The zero-order valence-corrected chi connectivity index (χ0v) is 13.5. The molecule has 3 aliphatic rings. The number of pyridine rings is 1. The van der Waals surface area contributed by atoms with Gasteiger partial charge in [0.2, 0.25) is 0 Å². The molecule has 4 heterocycles. The standard InChI is InChI=1S/C19H24N2O2/c1-2-12-11-21-8-6-13(12)9-18(21)19(23)15-5-7-20-17-4-3-14(22)10-16(15)17/h3-5,7,10,12-13,18-19,22-23H,2,6,8-9,11H2,1H3/t12-,13+,18-,19-/m1/s1. The van der Waals surface area contributed by atoms with Gasteiger partial charge in [-0.2, -0.15) is 0 Å². The van der Waals surface area contributed by atoms with Gasteiger partial charge in [0, 0.05) is 24.2 Å². The fourth-order valence-electron chi connectivity index (χ4n) is 4.59. The third-order valence-corrected chi connectivity index (χ3v) is 5.90. The molecule has 0 radical (unpaired) electrons. The number of aromatic nitrogens is 1. The van der Waals surface area contributed by atoms with Gasteiger partial charge in [-0.3, -0.25) is 9.88 Å². The van der Waals surface area contributed by atoms with Gasteiger partial charge in [-0.15, -0.1) is 0 Å². The van der Waals surface area contributed by atoms with Crippen LogP contribution in [-0.2, 0) is 0 Å². The minimum absolute atomic E-state index is 0.185. The molecule has 4 heteroatoms. The van der Waals surface area contributed by atoms with Crippen molar-refractivity contribution in [2.24, 2.45) is 11.8 Å². The maximum absolute atomic E-state index is 11.1. The summed E-state index contributed by atoms with van der Waals surface area (Å²) in [7, 11) is 0. The van der Waals surface area contributed by atoms with Crippen molar-refractivity contribution in [3.8, 4) is 5.75 Å². The molecule has 0 saturated carbocycles. The molecule has 0 spiro atoms. The molecule has 2 N–H and O–H groups in total. The van der Waals surface area contributed by atoms with E-state index in [2.05, 4.69) is 16.8 Å². The molecule has 1 aromatic heterocycles. The first kappa shape index (κ1) is 14.9. The highest BCUT2D eigenvalue weighted by Gasteiger charge is 2.42. The SMILES string of the molecule is CC[C@@H]1CN2CC[C@H]1C[C@@H]2[C@H](O)c1ccnc2ccc(O)cc12. The van der Waals surface area contributed by atoms with E-state index >= 15 is 0 Å². The van der Waals surface area contributed by atoms with E-state index in [-0.39, 0.29) is 11.8 Å². The molecule has 23 heavy (non-hydrogen) atoms. The summed E-state index contributed by atoms with van der Waals surface area (Å²) in [5, 5.41) is 21.7. The van der Waals surface area contributed by atoms with Crippen molar-refractivity contribution in [2.45, 2.75) is 38.3 Å². The average Bonchev–Trinajstić information content (AvgIpc) is 2.60. The summed E-state index contributed by atoms with van der Waals surface area (Å²) in [5.74, 6) is 1.74. The number of aromatic hydroxyl groups is 1. The summed E-state index contributed by atoms with van der Waals surface area (Å²) in [6, 6.07) is 7.24. The first-order chi connectivity index (χ1) is 11.2. The molecule has 1 unspecified atom stereocenters. The number of hydrogen-bond acceptors (Lipinski definition) is 4. The van der Waals surface area contributed by atoms with Crippen molar-refractivity contribution >= 4 is 10.9 Å². The molecule has 0 aliphatic carbocycles. The van der Waals surface area contributed by atoms with Crippen molar-refractivity contribution in [1.82, 2.24) is 9.88 Å². The Bertz CT molecular complexity index is 718. The number of piperidine rings is 3. The summed E-state index contributed by atoms with van der Waals surface area (Å²) in [4.78, 5) is 6.81. The van der Waals surface area contributed by atoms with Crippen molar-refractivity contribution in [3.63, 3.8) is 0 Å². The number of nitrogens with zero attached hydrogens (tertiary/aromatic N) is 2. The van der Waals surface area contributed by atoms with Gasteiger partial charge in [0.25, 0.3) is 0 Å². The number of phenols is 1. The molecule has 3 aliphatic heterocycles. The summed E-state index contributed by atoms with van der Waals surface area (Å²) in [5.41, 5.74) is 1.71. The highest BCUT2D eigenvalue weighted by Crippen LogP contribution is 2.42. The van der Waals surface area contributed by atoms with Gasteiger partial charge in [0.1, 0.15) is 5.75 Å². The Balaban J connectivity index is 1.68. The molecule has 1 aromatic carbocycles. The van der Waals surface area contributed by atoms with Gasteiger partial charge in [0.05, 0.1) is 11.6 Å². The van der Waals surface area contributed by atoms with E-state index in [1.54, 1.807) is 24.4 Å². The molecule has 122 valence electrons. The normalized spacial score (nSPS) is 31.4. The first-order valence-corrected chi connectivity index (χ1v) is 8.67. The average molecular weight is 312 g/mol. The number of fused-ring (bicyclic) bond motifs is 4. The van der Waals surface area contributed by atoms with Gasteiger partial charge in [-0.05, 0) is 61.1 Å². The molecule has 5 atom stereocenters. The van der Waals surface area contributed by atoms with E-state index < -0.39 is 6.10 Å². The van der Waals surface area contributed by atoms with Crippen molar-refractivity contribution in [3.05, 3.63) is 36.0 Å². The van der Waals surface area contributed by atoms with Crippen LogP contribution in [0.5, 0.6) is 5.75 Å². The maximum Gasteiger partial charge on any atom is 0.116 e. The number of benzene rings is 1. The maximum atomic E-state index is 11.1. The summed E-state index contributed by atoms with van der Waals surface area (Å²) in [6.07, 6.45) is 4.80. The molecule has 5 rings (SSSR count). The van der Waals surface area contributed by atoms with Crippen LogP contribution in [0.2, 0.25) is 0 Å². The molecule has 2 aromatic rings. The van der Waals surface area contributed by atoms with Gasteiger partial charge in [-0.25, -0.2) is 0 Å². The van der Waals surface area contributed by atoms with Crippen molar-refractivity contribution in [1.29, 1.82) is 0 Å². The number of hydrogen-bond donors (Lipinski definition) is 2. The van der Waals surface area contributed by atoms with Crippen LogP contribution in [0.1, 0.15) is 37.9 Å². The van der Waals surface area contributed by atoms with Gasteiger partial charge in [-0.1, -0.05) is 13.3 Å². The fourth-order valence-corrected chi connectivity index (χ4v) is 4.59. The number of aliphatic hydroxyl groups is 1. The van der Waals surface area contributed by atoms with Crippen LogP contribution < -0.4 is 0 Å². The Hall–Kier alpha value is -1.65. The second kappa shape index (κ2) is 5.77. The lowest BCUT2D eigenvalue weighted by atomic mass is 9.72. The number of rotatable bonds is 3. The van der Waals surface area contributed by atoms with Crippen LogP contribution in [0.3, 0.4) is 0 Å². The monoisotopic (exact) mass is 312 g/mol.